The summed E-state index contributed by atoms with van der Waals surface area (Å²) >= 11 is 0. The summed E-state index contributed by atoms with van der Waals surface area (Å²) in [5.41, 5.74) is 0.333. The Balaban J connectivity index is 1.96. The summed E-state index contributed by atoms with van der Waals surface area (Å²) in [6.45, 7) is 0. The van der Waals surface area contributed by atoms with Gasteiger partial charge in [0.2, 0.25) is 0 Å². The van der Waals surface area contributed by atoms with E-state index in [0.29, 0.717) is 16.5 Å². The molecule has 0 saturated heterocycles. The van der Waals surface area contributed by atoms with Crippen LogP contribution in [0.5, 0.6) is 0 Å². The Morgan fingerprint density at radius 2 is 1.74 bits per heavy atom. The number of pyridine rings is 1. The number of carbonyl (C=O) groups excluding carboxylic acids is 1. The van der Waals surface area contributed by atoms with Gasteiger partial charge in [0.1, 0.15) is 0 Å². The highest BCUT2D eigenvalue weighted by Crippen LogP contribution is 2.48. The zero-order valence-corrected chi connectivity index (χ0v) is 14.0. The van der Waals surface area contributed by atoms with E-state index in [9.17, 15) is 18.0 Å². The molecule has 1 amide bonds. The number of alkyl halides is 3. The van der Waals surface area contributed by atoms with Gasteiger partial charge in [-0.2, -0.15) is 18.3 Å². The number of hydrazone groups is 1. The minimum atomic E-state index is -4.82. The van der Waals surface area contributed by atoms with E-state index in [-0.39, 0.29) is 11.3 Å². The maximum Gasteiger partial charge on any atom is 0.407 e. The number of carbonyl (C=O) groups is 1. The van der Waals surface area contributed by atoms with Gasteiger partial charge in [0.05, 0.1) is 11.2 Å². The van der Waals surface area contributed by atoms with Crippen molar-refractivity contribution in [1.82, 2.24) is 10.4 Å². The Kier molecular flexibility index (Phi) is 3.95. The molecule has 0 spiro atoms. The fourth-order valence-electron chi connectivity index (χ4n) is 3.46. The zero-order chi connectivity index (χ0) is 19.1. The Bertz CT molecular complexity index is 1040. The van der Waals surface area contributed by atoms with Gasteiger partial charge < -0.3 is 0 Å². The first-order valence-electron chi connectivity index (χ1n) is 8.27. The largest absolute Gasteiger partial charge is 0.407 e. The molecule has 1 atom stereocenters. The molecule has 0 bridgehead atoms. The van der Waals surface area contributed by atoms with E-state index >= 15 is 0 Å². The first-order valence-corrected chi connectivity index (χ1v) is 8.27. The number of amides is 1. The summed E-state index contributed by atoms with van der Waals surface area (Å²) in [4.78, 5) is 16.7. The van der Waals surface area contributed by atoms with Gasteiger partial charge in [0, 0.05) is 18.0 Å². The summed E-state index contributed by atoms with van der Waals surface area (Å²) in [5.74, 6) is -1.19. The van der Waals surface area contributed by atoms with Crippen LogP contribution in [0.4, 0.5) is 13.2 Å². The van der Waals surface area contributed by atoms with Crippen molar-refractivity contribution in [2.75, 3.05) is 0 Å². The molecular formula is C20H14F3N3O. The number of rotatable bonds is 2. The lowest BCUT2D eigenvalue weighted by Gasteiger charge is -2.37. The molecule has 2 heterocycles. The minimum Gasteiger partial charge on any atom is -0.272 e. The number of fused-ring (bicyclic) bond motifs is 1. The molecule has 1 aromatic heterocycles. The molecular weight excluding hydrogens is 355 g/mol. The highest BCUT2D eigenvalue weighted by Gasteiger charge is 2.63. The van der Waals surface area contributed by atoms with Crippen molar-refractivity contribution >= 4 is 22.5 Å². The Hall–Kier alpha value is -3.22. The number of nitrogens with zero attached hydrogens (tertiary/aromatic N) is 2. The summed E-state index contributed by atoms with van der Waals surface area (Å²) in [5, 5.41) is 4.19. The molecule has 0 aliphatic carbocycles. The molecule has 1 aliphatic rings. The minimum absolute atomic E-state index is 0.124. The lowest BCUT2D eigenvalue weighted by atomic mass is 9.71. The zero-order valence-electron chi connectivity index (χ0n) is 14.0. The van der Waals surface area contributed by atoms with Gasteiger partial charge in [-0.15, -0.1) is 0 Å². The van der Waals surface area contributed by atoms with E-state index in [1.165, 1.54) is 18.3 Å². The molecule has 0 saturated carbocycles. The van der Waals surface area contributed by atoms with Crippen LogP contribution in [-0.4, -0.2) is 22.8 Å². The van der Waals surface area contributed by atoms with E-state index in [1.54, 1.807) is 48.5 Å². The third-order valence-electron chi connectivity index (χ3n) is 4.81. The second kappa shape index (κ2) is 6.19. The topological polar surface area (TPSA) is 54.4 Å². The summed E-state index contributed by atoms with van der Waals surface area (Å²) in [6.07, 6.45) is -3.90. The normalized spacial score (nSPS) is 20.3. The number of hydrogen-bond donors (Lipinski definition) is 1. The summed E-state index contributed by atoms with van der Waals surface area (Å²) in [6, 6.07) is 16.1. The molecule has 4 rings (SSSR count). The van der Waals surface area contributed by atoms with Crippen LogP contribution in [0, 0.1) is 0 Å². The molecule has 0 fully saturated rings. The fraction of sp³-hybridized carbons (Fsp3) is 0.150. The van der Waals surface area contributed by atoms with E-state index in [1.807, 2.05) is 0 Å². The summed E-state index contributed by atoms with van der Waals surface area (Å²) < 4.78 is 43.2. The Morgan fingerprint density at radius 3 is 2.48 bits per heavy atom. The lowest BCUT2D eigenvalue weighted by molar-refractivity contribution is -0.194. The van der Waals surface area contributed by atoms with Gasteiger partial charge >= 0.3 is 6.18 Å². The first-order chi connectivity index (χ1) is 12.9. The second-order valence-corrected chi connectivity index (χ2v) is 6.32. The van der Waals surface area contributed by atoms with Gasteiger partial charge in [0.25, 0.3) is 5.91 Å². The van der Waals surface area contributed by atoms with E-state index in [4.69, 9.17) is 0 Å². The number of benzene rings is 2. The van der Waals surface area contributed by atoms with E-state index < -0.39 is 23.9 Å². The van der Waals surface area contributed by atoms with Crippen molar-refractivity contribution in [3.8, 4) is 0 Å². The van der Waals surface area contributed by atoms with Gasteiger partial charge in [-0.05, 0) is 23.3 Å². The lowest BCUT2D eigenvalue weighted by Crippen LogP contribution is -2.57. The fourth-order valence-corrected chi connectivity index (χ4v) is 3.46. The highest BCUT2D eigenvalue weighted by atomic mass is 19.4. The molecule has 2 aromatic carbocycles. The Morgan fingerprint density at radius 1 is 0.963 bits per heavy atom. The number of halogens is 3. The van der Waals surface area contributed by atoms with E-state index in [2.05, 4.69) is 15.5 Å². The number of hydrogen-bond acceptors (Lipinski definition) is 3. The monoisotopic (exact) mass is 369 g/mol. The third-order valence-corrected chi connectivity index (χ3v) is 4.81. The molecule has 4 nitrogen and oxygen atoms in total. The predicted octanol–water partition coefficient (Wildman–Crippen LogP) is 3.96. The summed E-state index contributed by atoms with van der Waals surface area (Å²) in [7, 11) is 0. The molecule has 1 N–H and O–H groups in total. The van der Waals surface area contributed by atoms with Crippen LogP contribution in [0.15, 0.2) is 72.0 Å². The van der Waals surface area contributed by atoms with Gasteiger partial charge in [0.15, 0.2) is 5.41 Å². The molecule has 7 heteroatoms. The number of nitrogens with one attached hydrogen (secondary N) is 1. The maximum absolute atomic E-state index is 14.4. The Labute approximate surface area is 152 Å². The standard InChI is InChI=1S/C20H14F3N3O/c21-20(22,23)19(15-9-4-10-16-14(15)8-5-11-24-16)12-17(25-26-18(19)27)13-6-2-1-3-7-13/h1-11H,12H2,(H,26,27). The quantitative estimate of drug-likeness (QED) is 0.743. The van der Waals surface area contributed by atoms with Crippen LogP contribution < -0.4 is 5.43 Å². The SMILES string of the molecule is O=C1NN=C(c2ccccc2)CC1(c1cccc2ncccc12)C(F)(F)F. The first kappa shape index (κ1) is 17.2. The predicted molar refractivity (Wildman–Crippen MR) is 95.2 cm³/mol. The molecule has 1 aliphatic heterocycles. The van der Waals surface area contributed by atoms with E-state index in [0.717, 1.165) is 0 Å². The van der Waals surface area contributed by atoms with Gasteiger partial charge in [-0.1, -0.05) is 48.5 Å². The van der Waals surface area contributed by atoms with Crippen molar-refractivity contribution in [2.24, 2.45) is 5.10 Å². The molecule has 3 aromatic rings. The van der Waals surface area contributed by atoms with Crippen LogP contribution in [0.25, 0.3) is 10.9 Å². The second-order valence-electron chi connectivity index (χ2n) is 6.32. The van der Waals surface area contributed by atoms with Crippen molar-refractivity contribution in [3.05, 3.63) is 78.0 Å². The van der Waals surface area contributed by atoms with Crippen LogP contribution >= 0.6 is 0 Å². The van der Waals surface area contributed by atoms with Crippen molar-refractivity contribution in [1.29, 1.82) is 0 Å². The van der Waals surface area contributed by atoms with Crippen LogP contribution in [0.3, 0.4) is 0 Å². The maximum atomic E-state index is 14.4. The number of aromatic nitrogens is 1. The average Bonchev–Trinajstić information content (AvgIpc) is 2.68. The molecule has 136 valence electrons. The molecule has 0 radical (unpaired) electrons. The van der Waals surface area contributed by atoms with Crippen molar-refractivity contribution < 1.29 is 18.0 Å². The van der Waals surface area contributed by atoms with Crippen LogP contribution in [0.1, 0.15) is 17.5 Å². The van der Waals surface area contributed by atoms with Crippen molar-refractivity contribution in [2.45, 2.75) is 18.0 Å². The van der Waals surface area contributed by atoms with Crippen molar-refractivity contribution in [3.63, 3.8) is 0 Å². The van der Waals surface area contributed by atoms with Gasteiger partial charge in [-0.3, -0.25) is 9.78 Å². The van der Waals surface area contributed by atoms with Crippen LogP contribution in [-0.2, 0) is 10.2 Å². The molecule has 27 heavy (non-hydrogen) atoms. The average molecular weight is 369 g/mol. The van der Waals surface area contributed by atoms with Gasteiger partial charge in [-0.25, -0.2) is 5.43 Å². The highest BCUT2D eigenvalue weighted by molar-refractivity contribution is 6.09. The van der Waals surface area contributed by atoms with Crippen LogP contribution in [0.2, 0.25) is 0 Å². The third kappa shape index (κ3) is 2.66. The molecule has 1 unspecified atom stereocenters. The smallest absolute Gasteiger partial charge is 0.272 e.